The van der Waals surface area contributed by atoms with Crippen molar-refractivity contribution in [2.45, 2.75) is 26.7 Å². The predicted octanol–water partition coefficient (Wildman–Crippen LogP) is 5.20. The first-order valence-corrected chi connectivity index (χ1v) is 11.4. The molecule has 0 radical (unpaired) electrons. The molecule has 3 N–H and O–H groups in total. The second kappa shape index (κ2) is 9.62. The van der Waals surface area contributed by atoms with Gasteiger partial charge in [-0.25, -0.2) is 9.59 Å². The van der Waals surface area contributed by atoms with Gasteiger partial charge >= 0.3 is 12.1 Å². The van der Waals surface area contributed by atoms with Gasteiger partial charge in [0.1, 0.15) is 6.61 Å². The van der Waals surface area contributed by atoms with Crippen molar-refractivity contribution in [3.8, 4) is 11.1 Å². The number of anilines is 1. The molecule has 0 spiro atoms. The van der Waals surface area contributed by atoms with Crippen molar-refractivity contribution in [2.75, 3.05) is 18.5 Å². The number of amides is 2. The highest BCUT2D eigenvalue weighted by atomic mass is 16.5. The van der Waals surface area contributed by atoms with Gasteiger partial charge in [0.15, 0.2) is 0 Å². The lowest BCUT2D eigenvalue weighted by molar-refractivity contribution is -0.123. The third-order valence-corrected chi connectivity index (χ3v) is 6.37. The molecular weight excluding hydrogens is 444 g/mol. The van der Waals surface area contributed by atoms with Gasteiger partial charge in [-0.2, -0.15) is 0 Å². The molecule has 0 bridgehead atoms. The molecule has 1 aliphatic rings. The van der Waals surface area contributed by atoms with E-state index in [0.29, 0.717) is 5.56 Å². The van der Waals surface area contributed by atoms with Crippen LogP contribution in [0.1, 0.15) is 46.8 Å². The Labute approximate surface area is 204 Å². The maximum Gasteiger partial charge on any atom is 0.407 e. The first-order chi connectivity index (χ1) is 16.7. The molecule has 0 fully saturated rings. The summed E-state index contributed by atoms with van der Waals surface area (Å²) in [5.41, 5.74) is 4.33. The van der Waals surface area contributed by atoms with Gasteiger partial charge in [0.2, 0.25) is 5.91 Å². The molecule has 0 aromatic heterocycles. The summed E-state index contributed by atoms with van der Waals surface area (Å²) in [6.07, 6.45) is -0.616. The fraction of sp³-hybridized carbons (Fsp3) is 0.250. The molecule has 2 amide bonds. The molecule has 4 rings (SSSR count). The summed E-state index contributed by atoms with van der Waals surface area (Å²) >= 11 is 0. The fourth-order valence-corrected chi connectivity index (χ4v) is 4.37. The minimum absolute atomic E-state index is 0.0176. The number of hydrogen-bond donors (Lipinski definition) is 3. The molecule has 1 aliphatic carbocycles. The summed E-state index contributed by atoms with van der Waals surface area (Å²) in [5.74, 6) is -1.59. The van der Waals surface area contributed by atoms with Gasteiger partial charge in [-0.05, 0) is 54.7 Å². The molecule has 7 nitrogen and oxygen atoms in total. The number of carbonyl (C=O) groups excluding carboxylic acids is 2. The number of alkyl carbamates (subject to hydrolysis) is 1. The Hall–Kier alpha value is -4.13. The average Bonchev–Trinajstić information content (AvgIpc) is 3.15. The Bertz CT molecular complexity index is 1250. The minimum Gasteiger partial charge on any atom is -0.478 e. The van der Waals surface area contributed by atoms with Crippen LogP contribution in [-0.4, -0.2) is 36.2 Å². The summed E-state index contributed by atoms with van der Waals surface area (Å²) in [6, 6.07) is 21.1. The molecule has 3 aromatic carbocycles. The van der Waals surface area contributed by atoms with Crippen LogP contribution in [0.15, 0.2) is 66.7 Å². The van der Waals surface area contributed by atoms with Gasteiger partial charge in [0, 0.05) is 12.5 Å². The van der Waals surface area contributed by atoms with Crippen molar-refractivity contribution < 1.29 is 24.2 Å². The van der Waals surface area contributed by atoms with Crippen molar-refractivity contribution in [1.82, 2.24) is 5.32 Å². The van der Waals surface area contributed by atoms with Gasteiger partial charge in [-0.3, -0.25) is 4.79 Å². The number of carboxylic acid groups (broad SMARTS) is 1. The van der Waals surface area contributed by atoms with Crippen LogP contribution < -0.4 is 10.6 Å². The number of fused-ring (bicyclic) bond motifs is 3. The first kappa shape index (κ1) is 24.0. The van der Waals surface area contributed by atoms with E-state index in [0.717, 1.165) is 22.3 Å². The average molecular weight is 473 g/mol. The monoisotopic (exact) mass is 472 g/mol. The maximum absolute atomic E-state index is 12.9. The van der Waals surface area contributed by atoms with Crippen LogP contribution in [0.5, 0.6) is 0 Å². The maximum atomic E-state index is 12.9. The van der Waals surface area contributed by atoms with Crippen LogP contribution >= 0.6 is 0 Å². The highest BCUT2D eigenvalue weighted by Gasteiger charge is 2.31. The van der Waals surface area contributed by atoms with E-state index in [4.69, 9.17) is 4.74 Å². The lowest BCUT2D eigenvalue weighted by atomic mass is 9.92. The van der Waals surface area contributed by atoms with E-state index < -0.39 is 23.4 Å². The van der Waals surface area contributed by atoms with Crippen LogP contribution in [0.3, 0.4) is 0 Å². The highest BCUT2D eigenvalue weighted by molar-refractivity contribution is 6.03. The molecule has 0 saturated heterocycles. The number of nitrogens with one attached hydrogen (secondary N) is 2. The van der Waals surface area contributed by atoms with Crippen LogP contribution in [0.4, 0.5) is 10.5 Å². The largest absolute Gasteiger partial charge is 0.478 e. The standard InChI is InChI=1S/C28H28N2O5/c1-17-9-8-14-23(24(17)25(31)32)30-26(33)28(2,3)16-29-27(34)35-15-22-20-12-6-4-10-18(20)19-11-5-7-13-21(19)22/h4-14,22H,15-16H2,1-3H3,(H,29,34)(H,30,33)(H,31,32). The van der Waals surface area contributed by atoms with Crippen LogP contribution in [0, 0.1) is 12.3 Å². The Morgan fingerprint density at radius 1 is 0.914 bits per heavy atom. The van der Waals surface area contributed by atoms with E-state index in [-0.39, 0.29) is 30.3 Å². The summed E-state index contributed by atoms with van der Waals surface area (Å²) in [5, 5.41) is 14.8. The molecule has 0 saturated carbocycles. The third kappa shape index (κ3) is 4.89. The Kier molecular flexibility index (Phi) is 6.60. The zero-order valence-electron chi connectivity index (χ0n) is 19.9. The predicted molar refractivity (Wildman–Crippen MR) is 134 cm³/mol. The van der Waals surface area contributed by atoms with E-state index in [1.807, 2.05) is 36.4 Å². The molecule has 3 aromatic rings. The normalized spacial score (nSPS) is 12.4. The highest BCUT2D eigenvalue weighted by Crippen LogP contribution is 2.44. The zero-order valence-corrected chi connectivity index (χ0v) is 19.9. The lowest BCUT2D eigenvalue weighted by Crippen LogP contribution is -2.42. The molecular formula is C28H28N2O5. The van der Waals surface area contributed by atoms with Crippen LogP contribution in [-0.2, 0) is 9.53 Å². The molecule has 0 heterocycles. The van der Waals surface area contributed by atoms with E-state index in [1.165, 1.54) is 0 Å². The van der Waals surface area contributed by atoms with Crippen molar-refractivity contribution in [1.29, 1.82) is 0 Å². The van der Waals surface area contributed by atoms with E-state index >= 15 is 0 Å². The topological polar surface area (TPSA) is 105 Å². The molecule has 35 heavy (non-hydrogen) atoms. The summed E-state index contributed by atoms with van der Waals surface area (Å²) in [6.45, 7) is 5.20. The van der Waals surface area contributed by atoms with E-state index in [9.17, 15) is 19.5 Å². The SMILES string of the molecule is Cc1cccc(NC(=O)C(C)(C)CNC(=O)OCC2c3ccccc3-c3ccccc32)c1C(=O)O. The van der Waals surface area contributed by atoms with Gasteiger partial charge in [0.05, 0.1) is 16.7 Å². The summed E-state index contributed by atoms with van der Waals surface area (Å²) < 4.78 is 5.54. The van der Waals surface area contributed by atoms with Gasteiger partial charge < -0.3 is 20.5 Å². The number of carbonyl (C=O) groups is 3. The van der Waals surface area contributed by atoms with Crippen LogP contribution in [0.2, 0.25) is 0 Å². The van der Waals surface area contributed by atoms with E-state index in [1.54, 1.807) is 39.0 Å². The van der Waals surface area contributed by atoms with Gasteiger partial charge in [-0.1, -0.05) is 60.7 Å². The Morgan fingerprint density at radius 3 is 2.11 bits per heavy atom. The second-order valence-electron chi connectivity index (χ2n) is 9.32. The number of aromatic carboxylic acids is 1. The Morgan fingerprint density at radius 2 is 1.51 bits per heavy atom. The van der Waals surface area contributed by atoms with Crippen molar-refractivity contribution in [2.24, 2.45) is 5.41 Å². The molecule has 180 valence electrons. The summed E-state index contributed by atoms with van der Waals surface area (Å²) in [4.78, 5) is 37.0. The molecule has 0 unspecified atom stereocenters. The molecule has 0 atom stereocenters. The zero-order chi connectivity index (χ0) is 25.2. The molecule has 0 aliphatic heterocycles. The minimum atomic E-state index is -1.12. The smallest absolute Gasteiger partial charge is 0.407 e. The number of hydrogen-bond acceptors (Lipinski definition) is 4. The number of benzene rings is 3. The van der Waals surface area contributed by atoms with Gasteiger partial charge in [-0.15, -0.1) is 0 Å². The number of aryl methyl sites for hydroxylation is 1. The fourth-order valence-electron chi connectivity index (χ4n) is 4.37. The van der Waals surface area contributed by atoms with E-state index in [2.05, 4.69) is 22.8 Å². The number of rotatable bonds is 7. The summed E-state index contributed by atoms with van der Waals surface area (Å²) in [7, 11) is 0. The number of carboxylic acids is 1. The quantitative estimate of drug-likeness (QED) is 0.439. The first-order valence-electron chi connectivity index (χ1n) is 11.4. The van der Waals surface area contributed by atoms with Crippen molar-refractivity contribution >= 4 is 23.7 Å². The second-order valence-corrected chi connectivity index (χ2v) is 9.32. The molecule has 7 heteroatoms. The van der Waals surface area contributed by atoms with Crippen molar-refractivity contribution in [3.05, 3.63) is 89.0 Å². The Balaban J connectivity index is 1.36. The van der Waals surface area contributed by atoms with Crippen LogP contribution in [0.25, 0.3) is 11.1 Å². The number of ether oxygens (including phenoxy) is 1. The van der Waals surface area contributed by atoms with Crippen molar-refractivity contribution in [3.63, 3.8) is 0 Å². The van der Waals surface area contributed by atoms with Gasteiger partial charge in [0.25, 0.3) is 0 Å². The third-order valence-electron chi connectivity index (χ3n) is 6.37. The lowest BCUT2D eigenvalue weighted by Gasteiger charge is -2.24.